The van der Waals surface area contributed by atoms with Crippen molar-refractivity contribution < 1.29 is 33.6 Å². The smallest absolute Gasteiger partial charge is 0.334 e. The van der Waals surface area contributed by atoms with Gasteiger partial charge >= 0.3 is 11.9 Å². The number of esters is 2. The number of aliphatic hydroxyl groups is 1. The van der Waals surface area contributed by atoms with Crippen molar-refractivity contribution in [2.45, 2.75) is 68.4 Å². The maximum absolute atomic E-state index is 12.2. The van der Waals surface area contributed by atoms with E-state index >= 15 is 0 Å². The largest absolute Gasteiger partial charge is 0.462 e. The molecule has 7 nitrogen and oxygen atoms in total. The van der Waals surface area contributed by atoms with Crippen LogP contribution < -0.4 is 0 Å². The molecule has 9 atom stereocenters. The summed E-state index contributed by atoms with van der Waals surface area (Å²) in [6, 6.07) is 0. The summed E-state index contributed by atoms with van der Waals surface area (Å²) in [6.45, 7) is 8.83. The molecule has 1 N–H and O–H groups in total. The molecule has 0 aromatic rings. The lowest BCUT2D eigenvalue weighted by Gasteiger charge is -2.36. The Hall–Kier alpha value is -1.44. The number of rotatable bonds is 1. The third kappa shape index (κ3) is 1.41. The maximum atomic E-state index is 12.2. The van der Waals surface area contributed by atoms with Gasteiger partial charge in [-0.1, -0.05) is 6.58 Å². The zero-order chi connectivity index (χ0) is 17.2. The summed E-state index contributed by atoms with van der Waals surface area (Å²) < 4.78 is 22.9. The summed E-state index contributed by atoms with van der Waals surface area (Å²) in [5.74, 6) is -1.76. The number of fused-ring (bicyclic) bond motifs is 5. The van der Waals surface area contributed by atoms with Gasteiger partial charge in [-0.3, -0.25) is 4.79 Å². The Bertz CT molecular complexity index is 699. The lowest BCUT2D eigenvalue weighted by atomic mass is 9.74. The molecule has 0 aromatic carbocycles. The summed E-state index contributed by atoms with van der Waals surface area (Å²) in [4.78, 5) is 23.7. The van der Waals surface area contributed by atoms with E-state index in [1.54, 1.807) is 6.92 Å². The normalized spacial score (nSPS) is 59.5. The fourth-order valence-corrected chi connectivity index (χ4v) is 5.65. The summed E-state index contributed by atoms with van der Waals surface area (Å²) in [5, 5.41) is 11.2. The topological polar surface area (TPSA) is 97.9 Å². The van der Waals surface area contributed by atoms with E-state index in [4.69, 9.17) is 18.9 Å². The molecular weight excluding hydrogens is 316 g/mol. The van der Waals surface area contributed by atoms with E-state index in [-0.39, 0.29) is 30.1 Å². The van der Waals surface area contributed by atoms with Crippen LogP contribution in [0.15, 0.2) is 12.2 Å². The van der Waals surface area contributed by atoms with E-state index in [0.29, 0.717) is 0 Å². The van der Waals surface area contributed by atoms with Crippen LogP contribution in [0.5, 0.6) is 0 Å². The van der Waals surface area contributed by atoms with Gasteiger partial charge in [-0.05, 0) is 13.8 Å². The minimum absolute atomic E-state index is 0.0903. The first-order valence-corrected chi connectivity index (χ1v) is 8.28. The highest BCUT2D eigenvalue weighted by atomic mass is 16.7. The van der Waals surface area contributed by atoms with Gasteiger partial charge in [0.05, 0.1) is 17.4 Å². The van der Waals surface area contributed by atoms with E-state index < -0.39 is 46.9 Å². The highest BCUT2D eigenvalue weighted by Crippen LogP contribution is 2.75. The molecule has 0 bridgehead atoms. The zero-order valence-corrected chi connectivity index (χ0v) is 13.8. The van der Waals surface area contributed by atoms with Crippen molar-refractivity contribution in [3.8, 4) is 0 Å². The zero-order valence-electron chi connectivity index (χ0n) is 13.8. The minimum atomic E-state index is -1.22. The van der Waals surface area contributed by atoms with Crippen molar-refractivity contribution in [1.29, 1.82) is 0 Å². The highest BCUT2D eigenvalue weighted by Gasteiger charge is 2.93. The molecule has 0 unspecified atom stereocenters. The fraction of sp³-hybridized carbons (Fsp3) is 0.765. The van der Waals surface area contributed by atoms with Crippen LogP contribution in [0.4, 0.5) is 0 Å². The van der Waals surface area contributed by atoms with E-state index in [0.717, 1.165) is 0 Å². The number of ether oxygens (including phenoxy) is 4. The van der Waals surface area contributed by atoms with Crippen molar-refractivity contribution in [2.24, 2.45) is 11.8 Å². The molecule has 24 heavy (non-hydrogen) atoms. The van der Waals surface area contributed by atoms with Crippen LogP contribution in [0.1, 0.15) is 27.2 Å². The van der Waals surface area contributed by atoms with Crippen LogP contribution >= 0.6 is 0 Å². The molecule has 5 rings (SSSR count). The Morgan fingerprint density at radius 2 is 2.04 bits per heavy atom. The molecule has 1 spiro atoms. The Morgan fingerprint density at radius 1 is 1.33 bits per heavy atom. The van der Waals surface area contributed by atoms with Crippen LogP contribution in [0.2, 0.25) is 0 Å². The average molecular weight is 336 g/mol. The highest BCUT2D eigenvalue weighted by molar-refractivity contribution is 5.91. The van der Waals surface area contributed by atoms with Crippen LogP contribution in [0.3, 0.4) is 0 Å². The quantitative estimate of drug-likeness (QED) is 0.412. The Morgan fingerprint density at radius 3 is 2.71 bits per heavy atom. The van der Waals surface area contributed by atoms with Crippen LogP contribution in [0, 0.1) is 11.8 Å². The summed E-state index contributed by atoms with van der Waals surface area (Å²) in [5.41, 5.74) is -2.26. The van der Waals surface area contributed by atoms with E-state index in [9.17, 15) is 14.7 Å². The first kappa shape index (κ1) is 14.9. The molecule has 3 aliphatic heterocycles. The number of hydrogen-bond donors (Lipinski definition) is 1. The Labute approximate surface area is 138 Å². The van der Waals surface area contributed by atoms with Gasteiger partial charge in [-0.25, -0.2) is 4.79 Å². The predicted molar refractivity (Wildman–Crippen MR) is 77.7 cm³/mol. The summed E-state index contributed by atoms with van der Waals surface area (Å²) in [7, 11) is 0. The molecule has 3 saturated heterocycles. The van der Waals surface area contributed by atoms with E-state index in [1.807, 2.05) is 6.92 Å². The molecule has 0 radical (unpaired) electrons. The summed E-state index contributed by atoms with van der Waals surface area (Å²) >= 11 is 0. The fourth-order valence-electron chi connectivity index (χ4n) is 5.65. The molecule has 2 aliphatic carbocycles. The van der Waals surface area contributed by atoms with Crippen molar-refractivity contribution >= 4 is 11.9 Å². The molecule has 7 heteroatoms. The Kier molecular flexibility index (Phi) is 2.39. The number of epoxide rings is 2. The number of hydrogen-bond acceptors (Lipinski definition) is 7. The van der Waals surface area contributed by atoms with Gasteiger partial charge in [0, 0.05) is 18.9 Å². The lowest BCUT2D eigenvalue weighted by molar-refractivity contribution is -0.152. The SMILES string of the molecule is C=C1C(=O)O[C@@H]2[C@@H]1[C@H](OC(C)=O)C[C@](C)(O)[C@]13O[C@H]1[C@@H]1O[C@]1(C)[C@@H]23. The summed E-state index contributed by atoms with van der Waals surface area (Å²) in [6.07, 6.45) is -1.41. The number of carbonyl (C=O) groups excluding carboxylic acids is 2. The molecule has 5 aliphatic rings. The second-order valence-electron chi connectivity index (χ2n) is 8.08. The van der Waals surface area contributed by atoms with Crippen molar-refractivity contribution in [3.63, 3.8) is 0 Å². The Balaban J connectivity index is 1.65. The first-order valence-electron chi connectivity index (χ1n) is 8.28. The first-order chi connectivity index (χ1) is 11.1. The van der Waals surface area contributed by atoms with Gasteiger partial charge in [0.25, 0.3) is 0 Å². The maximum Gasteiger partial charge on any atom is 0.334 e. The number of carbonyl (C=O) groups is 2. The molecule has 2 saturated carbocycles. The molecule has 5 fully saturated rings. The van der Waals surface area contributed by atoms with Gasteiger partial charge in [0.2, 0.25) is 0 Å². The average Bonchev–Trinajstić information content (AvgIpc) is 3.29. The van der Waals surface area contributed by atoms with Crippen molar-refractivity contribution in [1.82, 2.24) is 0 Å². The molecular formula is C17H20O7. The van der Waals surface area contributed by atoms with E-state index in [1.165, 1.54) is 6.92 Å². The van der Waals surface area contributed by atoms with Crippen molar-refractivity contribution in [3.05, 3.63) is 12.2 Å². The lowest BCUT2D eigenvalue weighted by Crippen LogP contribution is -2.53. The van der Waals surface area contributed by atoms with Gasteiger partial charge < -0.3 is 24.1 Å². The van der Waals surface area contributed by atoms with Gasteiger partial charge in [-0.2, -0.15) is 0 Å². The molecule has 130 valence electrons. The second-order valence-corrected chi connectivity index (χ2v) is 8.08. The third-order valence-corrected chi connectivity index (χ3v) is 6.68. The molecule has 0 aromatic heterocycles. The monoisotopic (exact) mass is 336 g/mol. The van der Waals surface area contributed by atoms with E-state index in [2.05, 4.69) is 6.58 Å². The molecule has 0 amide bonds. The minimum Gasteiger partial charge on any atom is -0.462 e. The van der Waals surface area contributed by atoms with Crippen LogP contribution in [-0.4, -0.2) is 58.3 Å². The van der Waals surface area contributed by atoms with Crippen molar-refractivity contribution in [2.75, 3.05) is 0 Å². The van der Waals surface area contributed by atoms with Crippen LogP contribution in [-0.2, 0) is 28.5 Å². The third-order valence-electron chi connectivity index (χ3n) is 6.68. The van der Waals surface area contributed by atoms with Gasteiger partial charge in [-0.15, -0.1) is 0 Å². The van der Waals surface area contributed by atoms with Gasteiger partial charge in [0.1, 0.15) is 35.6 Å². The molecule has 3 heterocycles. The second kappa shape index (κ2) is 3.86. The predicted octanol–water partition coefficient (Wildman–Crippen LogP) is 0.0955. The van der Waals surface area contributed by atoms with Gasteiger partial charge in [0.15, 0.2) is 0 Å². The standard InChI is InChI=1S/C17H20O7/c1-6-9-8(21-7(2)18)5-15(3,20)17-11(10(9)22-14(6)19)16(4)12(23-16)13(17)24-17/h8-13,20H,1,5H2,2-4H3/t8-,9+,10-,11-,12+,13+,15+,16-,17-/m1/s1. The van der Waals surface area contributed by atoms with Crippen LogP contribution in [0.25, 0.3) is 0 Å².